The van der Waals surface area contributed by atoms with Gasteiger partial charge in [0.2, 0.25) is 5.91 Å². The molecule has 2 aliphatic rings. The Kier molecular flexibility index (Phi) is 5.78. The predicted octanol–water partition coefficient (Wildman–Crippen LogP) is 4.70. The zero-order chi connectivity index (χ0) is 26.5. The highest BCUT2D eigenvalue weighted by Crippen LogP contribution is 2.51. The number of rotatable bonds is 4. The molecule has 1 aliphatic carbocycles. The summed E-state index contributed by atoms with van der Waals surface area (Å²) in [5.41, 5.74) is -1.81. The first kappa shape index (κ1) is 24.5. The van der Waals surface area contributed by atoms with E-state index in [0.29, 0.717) is 17.2 Å². The quantitative estimate of drug-likeness (QED) is 0.473. The van der Waals surface area contributed by atoms with Crippen molar-refractivity contribution in [2.24, 2.45) is 0 Å². The van der Waals surface area contributed by atoms with Crippen LogP contribution in [0.4, 0.5) is 23.2 Å². The third-order valence-corrected chi connectivity index (χ3v) is 6.90. The largest absolute Gasteiger partial charge is 0.446 e. The van der Waals surface area contributed by atoms with Gasteiger partial charge in [0.15, 0.2) is 5.89 Å². The van der Waals surface area contributed by atoms with Gasteiger partial charge in [-0.05, 0) is 55.7 Å². The molecule has 0 N–H and O–H groups in total. The molecule has 2 amide bonds. The lowest BCUT2D eigenvalue weighted by molar-refractivity contribution is -0.160. The molecular weight excluding hydrogens is 492 g/mol. The van der Waals surface area contributed by atoms with E-state index in [1.54, 1.807) is 13.1 Å². The Balaban J connectivity index is 1.48. The summed E-state index contributed by atoms with van der Waals surface area (Å²) in [5.74, 6) is -1.08. The molecule has 0 bridgehead atoms. The number of benzene rings is 2. The van der Waals surface area contributed by atoms with Crippen LogP contribution in [-0.2, 0) is 22.3 Å². The molecule has 1 saturated carbocycles. The second-order valence-corrected chi connectivity index (χ2v) is 9.29. The molecule has 1 spiro atoms. The molecule has 7 nitrogen and oxygen atoms in total. The van der Waals surface area contributed by atoms with Crippen molar-refractivity contribution >= 4 is 17.5 Å². The van der Waals surface area contributed by atoms with Crippen molar-refractivity contribution in [3.8, 4) is 6.07 Å². The van der Waals surface area contributed by atoms with Crippen LogP contribution in [0.5, 0.6) is 0 Å². The van der Waals surface area contributed by atoms with E-state index in [1.807, 2.05) is 6.07 Å². The van der Waals surface area contributed by atoms with E-state index in [-0.39, 0.29) is 36.6 Å². The number of aromatic nitrogens is 1. The van der Waals surface area contributed by atoms with Gasteiger partial charge in [0, 0.05) is 12.5 Å². The fraction of sp³-hybridized carbons (Fsp3) is 0.308. The Morgan fingerprint density at radius 3 is 2.43 bits per heavy atom. The topological polar surface area (TPSA) is 90.4 Å². The molecule has 5 rings (SSSR count). The van der Waals surface area contributed by atoms with E-state index in [4.69, 9.17) is 9.68 Å². The number of aryl methyl sites for hydroxylation is 1. The number of amides is 2. The minimum atomic E-state index is -4.50. The van der Waals surface area contributed by atoms with Crippen molar-refractivity contribution in [1.82, 2.24) is 9.88 Å². The van der Waals surface area contributed by atoms with Gasteiger partial charge in [0.25, 0.3) is 5.91 Å². The summed E-state index contributed by atoms with van der Waals surface area (Å²) in [6.45, 7) is 1.18. The van der Waals surface area contributed by atoms with E-state index in [2.05, 4.69) is 4.98 Å². The lowest BCUT2D eigenvalue weighted by atomic mass is 9.65. The Labute approximate surface area is 208 Å². The average molecular weight is 512 g/mol. The van der Waals surface area contributed by atoms with Crippen LogP contribution in [0.3, 0.4) is 0 Å². The van der Waals surface area contributed by atoms with Crippen LogP contribution in [0.1, 0.15) is 47.1 Å². The van der Waals surface area contributed by atoms with Crippen LogP contribution in [0.15, 0.2) is 53.1 Å². The average Bonchev–Trinajstić information content (AvgIpc) is 3.26. The highest BCUT2D eigenvalue weighted by molar-refractivity contribution is 6.10. The number of halogens is 4. The zero-order valence-corrected chi connectivity index (χ0v) is 19.6. The summed E-state index contributed by atoms with van der Waals surface area (Å²) in [5, 5.41) is 9.03. The molecule has 1 aliphatic heterocycles. The van der Waals surface area contributed by atoms with Gasteiger partial charge in [-0.1, -0.05) is 12.1 Å². The first-order chi connectivity index (χ1) is 17.5. The number of oxazole rings is 1. The Hall–Kier alpha value is -4.20. The maximum absolute atomic E-state index is 14.8. The monoisotopic (exact) mass is 512 g/mol. The summed E-state index contributed by atoms with van der Waals surface area (Å²) in [7, 11) is 0. The number of nitriles is 1. The van der Waals surface area contributed by atoms with Crippen LogP contribution < -0.4 is 4.90 Å². The molecular formula is C26H20F4N4O3. The normalized spacial score (nSPS) is 21.8. The molecule has 2 aromatic carbocycles. The molecule has 1 aromatic heterocycles. The lowest BCUT2D eigenvalue weighted by Gasteiger charge is -2.56. The lowest BCUT2D eigenvalue weighted by Crippen LogP contribution is -2.72. The van der Waals surface area contributed by atoms with Crippen molar-refractivity contribution in [2.45, 2.75) is 43.9 Å². The van der Waals surface area contributed by atoms with Crippen molar-refractivity contribution in [3.63, 3.8) is 0 Å². The number of nitrogens with zero attached hydrogens (tertiary/aromatic N) is 4. The van der Waals surface area contributed by atoms with E-state index in [9.17, 15) is 27.2 Å². The number of hydrogen-bond donors (Lipinski definition) is 0. The third-order valence-electron chi connectivity index (χ3n) is 6.90. The molecule has 190 valence electrons. The number of anilines is 1. The number of carbonyl (C=O) groups excluding carboxylic acids is 2. The van der Waals surface area contributed by atoms with Crippen LogP contribution in [0.2, 0.25) is 0 Å². The standard InChI is InChI=1S/C26H20F4N4O3/c1-15-12-32-23(37-15)18-9-25(10-18)24(36)33(21-7-4-17(11-31)8-20(21)27)14-22(35)34(25)13-16-2-5-19(6-3-16)26(28,29)30/h2-8,12,18H,9-10,13-14H2,1H3/t18-,25-. The van der Waals surface area contributed by atoms with Gasteiger partial charge in [0.1, 0.15) is 23.7 Å². The minimum absolute atomic E-state index is 0.0682. The summed E-state index contributed by atoms with van der Waals surface area (Å²) in [4.78, 5) is 33.9. The van der Waals surface area contributed by atoms with Crippen molar-refractivity contribution < 1.29 is 31.6 Å². The highest BCUT2D eigenvalue weighted by Gasteiger charge is 2.61. The van der Waals surface area contributed by atoms with E-state index in [1.165, 1.54) is 29.2 Å². The smallest absolute Gasteiger partial charge is 0.416 e. The Morgan fingerprint density at radius 2 is 1.86 bits per heavy atom. The van der Waals surface area contributed by atoms with Gasteiger partial charge in [0.05, 0.1) is 29.1 Å². The first-order valence-corrected chi connectivity index (χ1v) is 11.4. The molecule has 0 atom stereocenters. The molecule has 37 heavy (non-hydrogen) atoms. The van der Waals surface area contributed by atoms with E-state index >= 15 is 0 Å². The molecule has 2 heterocycles. The van der Waals surface area contributed by atoms with Gasteiger partial charge in [-0.3, -0.25) is 14.5 Å². The summed E-state index contributed by atoms with van der Waals surface area (Å²) in [6, 6.07) is 9.86. The number of alkyl halides is 3. The summed E-state index contributed by atoms with van der Waals surface area (Å²) in [6.07, 6.45) is -2.64. The fourth-order valence-electron chi connectivity index (χ4n) is 4.99. The molecule has 0 unspecified atom stereocenters. The Morgan fingerprint density at radius 1 is 1.16 bits per heavy atom. The van der Waals surface area contributed by atoms with Gasteiger partial charge < -0.3 is 9.32 Å². The maximum Gasteiger partial charge on any atom is 0.416 e. The van der Waals surface area contributed by atoms with Gasteiger partial charge >= 0.3 is 6.18 Å². The summed E-state index contributed by atoms with van der Waals surface area (Å²) < 4.78 is 59.4. The van der Waals surface area contributed by atoms with Gasteiger partial charge in [-0.2, -0.15) is 18.4 Å². The molecule has 2 fully saturated rings. The second-order valence-electron chi connectivity index (χ2n) is 9.29. The van der Waals surface area contributed by atoms with E-state index < -0.39 is 41.5 Å². The van der Waals surface area contributed by atoms with Crippen LogP contribution in [0, 0.1) is 24.1 Å². The molecule has 0 radical (unpaired) electrons. The zero-order valence-electron chi connectivity index (χ0n) is 19.6. The third kappa shape index (κ3) is 4.22. The van der Waals surface area contributed by atoms with Crippen LogP contribution in [-0.4, -0.2) is 33.8 Å². The minimum Gasteiger partial charge on any atom is -0.446 e. The first-order valence-electron chi connectivity index (χ1n) is 11.4. The van der Waals surface area contributed by atoms with Crippen LogP contribution in [0.25, 0.3) is 0 Å². The number of hydrogen-bond acceptors (Lipinski definition) is 5. The van der Waals surface area contributed by atoms with Crippen molar-refractivity contribution in [2.75, 3.05) is 11.4 Å². The molecule has 1 saturated heterocycles. The molecule has 3 aromatic rings. The van der Waals surface area contributed by atoms with Crippen molar-refractivity contribution in [1.29, 1.82) is 5.26 Å². The predicted molar refractivity (Wildman–Crippen MR) is 121 cm³/mol. The highest BCUT2D eigenvalue weighted by atomic mass is 19.4. The maximum atomic E-state index is 14.8. The fourth-order valence-corrected chi connectivity index (χ4v) is 4.99. The van der Waals surface area contributed by atoms with E-state index in [0.717, 1.165) is 23.1 Å². The number of piperazine rings is 1. The number of carbonyl (C=O) groups is 2. The second kappa shape index (κ2) is 8.73. The van der Waals surface area contributed by atoms with Crippen molar-refractivity contribution in [3.05, 3.63) is 82.8 Å². The Bertz CT molecular complexity index is 1420. The van der Waals surface area contributed by atoms with Gasteiger partial charge in [-0.15, -0.1) is 0 Å². The summed E-state index contributed by atoms with van der Waals surface area (Å²) >= 11 is 0. The SMILES string of the molecule is Cc1cnc([C@H]2C[C@]3(C2)C(=O)N(c2ccc(C#N)cc2F)CC(=O)N3Cc2ccc(C(F)(F)F)cc2)o1. The van der Waals surface area contributed by atoms with Gasteiger partial charge in [-0.25, -0.2) is 9.37 Å². The molecule has 11 heteroatoms. The van der Waals surface area contributed by atoms with Crippen LogP contribution >= 0.6 is 0 Å².